The number of aromatic nitrogens is 2. The van der Waals surface area contributed by atoms with Gasteiger partial charge in [0.25, 0.3) is 6.71 Å². The summed E-state index contributed by atoms with van der Waals surface area (Å²) in [5.74, 6) is 0. The Bertz CT molecular complexity index is 4870. The quantitative estimate of drug-likeness (QED) is 0.127. The number of para-hydroxylation sites is 6. The molecule has 6 heterocycles. The van der Waals surface area contributed by atoms with Gasteiger partial charge in [-0.1, -0.05) is 146 Å². The van der Waals surface area contributed by atoms with E-state index in [0.717, 1.165) is 149 Å². The average molecular weight is 966 g/mol. The van der Waals surface area contributed by atoms with E-state index in [1.165, 1.54) is 0 Å². The van der Waals surface area contributed by atoms with Crippen LogP contribution in [0.15, 0.2) is 227 Å². The first-order valence-electron chi connectivity index (χ1n) is 25.5. The van der Waals surface area contributed by atoms with Crippen LogP contribution in [-0.4, -0.2) is 15.8 Å². The molecule has 0 N–H and O–H groups in total. The zero-order valence-corrected chi connectivity index (χ0v) is 40.4. The zero-order valence-electron chi connectivity index (χ0n) is 40.4. The van der Waals surface area contributed by atoms with E-state index in [2.05, 4.69) is 195 Å². The van der Waals surface area contributed by atoms with E-state index in [9.17, 15) is 11.8 Å². The van der Waals surface area contributed by atoms with Gasteiger partial charge in [0.15, 0.2) is 0 Å². The highest BCUT2D eigenvalue weighted by Gasteiger charge is 2.45. The lowest BCUT2D eigenvalue weighted by Gasteiger charge is -2.38. The molecule has 0 spiro atoms. The van der Waals surface area contributed by atoms with Crippen LogP contribution in [-0.2, 0) is 0 Å². The molecule has 7 nitrogen and oxygen atoms in total. The Morgan fingerprint density at radius 1 is 0.434 bits per heavy atom. The van der Waals surface area contributed by atoms with Gasteiger partial charge >= 0.3 is 0 Å². The first-order valence-corrected chi connectivity index (χ1v) is 25.5. The van der Waals surface area contributed by atoms with E-state index in [1.807, 2.05) is 48.5 Å². The second kappa shape index (κ2) is 15.0. The highest BCUT2D eigenvalue weighted by molar-refractivity contribution is 7.00. The molecule has 0 amide bonds. The fourth-order valence-corrected chi connectivity index (χ4v) is 13.2. The summed E-state index contributed by atoms with van der Waals surface area (Å²) in [5, 5.41) is 20.9. The Balaban J connectivity index is 1.01. The van der Waals surface area contributed by atoms with Crippen molar-refractivity contribution in [1.82, 2.24) is 9.13 Å². The van der Waals surface area contributed by atoms with Crippen molar-refractivity contribution in [2.45, 2.75) is 0 Å². The van der Waals surface area contributed by atoms with Crippen LogP contribution in [0.3, 0.4) is 0 Å². The number of nitrogens with zero attached hydrogens (tertiary/aromatic N) is 5. The smallest absolute Gasteiger partial charge is 0.250 e. The maximum atomic E-state index is 12.3. The van der Waals surface area contributed by atoms with Crippen LogP contribution in [0.25, 0.3) is 126 Å². The van der Waals surface area contributed by atoms with Gasteiger partial charge in [0.2, 0.25) is 5.69 Å². The summed E-state index contributed by atoms with van der Waals surface area (Å²) in [6.45, 7) is 9.32. The van der Waals surface area contributed by atoms with Gasteiger partial charge < -0.3 is 22.9 Å². The number of hydrogen-bond donors (Lipinski definition) is 0. The molecule has 0 fully saturated rings. The first kappa shape index (κ1) is 41.0. The molecule has 15 aromatic rings. The fraction of sp³-hybridized carbons (Fsp3) is 0. The Kier molecular flexibility index (Phi) is 8.10. The number of hydrogen-bond acceptors (Lipinski definition) is 4. The van der Waals surface area contributed by atoms with Crippen molar-refractivity contribution in [2.24, 2.45) is 0 Å². The Labute approximate surface area is 434 Å². The van der Waals surface area contributed by atoms with Gasteiger partial charge in [-0.25, -0.2) is 4.85 Å². The lowest BCUT2D eigenvalue weighted by atomic mass is 9.34. The van der Waals surface area contributed by atoms with E-state index < -0.39 is 0 Å². The topological polar surface area (TPSA) is 67.5 Å². The van der Waals surface area contributed by atoms with Crippen LogP contribution in [0.2, 0.25) is 0 Å². The van der Waals surface area contributed by atoms with E-state index in [4.69, 9.17) is 8.83 Å². The van der Waals surface area contributed by atoms with Gasteiger partial charge in [-0.3, -0.25) is 0 Å². The van der Waals surface area contributed by atoms with Gasteiger partial charge in [-0.2, -0.15) is 5.26 Å². The van der Waals surface area contributed by atoms with Crippen molar-refractivity contribution in [1.29, 1.82) is 5.26 Å². The summed E-state index contributed by atoms with van der Waals surface area (Å²) in [6, 6.07) is 79.2. The third kappa shape index (κ3) is 5.33. The molecular weight excluding hydrogens is 930 g/mol. The van der Waals surface area contributed by atoms with Crippen LogP contribution < -0.4 is 21.3 Å². The van der Waals surface area contributed by atoms with Crippen molar-refractivity contribution in [3.63, 3.8) is 0 Å². The molecule has 348 valence electrons. The minimum Gasteiger partial charge on any atom is -0.456 e. The standard InChI is InChI=1S/C68H36BN5O2/c1-71-63-67(53(38-70)66-62-68(63)74-57-27-7-3-19-46(57)50-23-13-25-55(65(50)74)69(62)54-24-12-22-49-45-18-2-6-26-56(45)73(66)64(49)54)72(43-16-10-14-39(34-43)41-30-32-60-51(36-41)47-20-4-8-28-58(47)75-60)44-17-11-15-40(35-44)42-31-33-61-52(37-42)48-21-5-9-29-59(48)76-61/h2-37H. The highest BCUT2D eigenvalue weighted by Crippen LogP contribution is 2.52. The van der Waals surface area contributed by atoms with Crippen molar-refractivity contribution in [2.75, 3.05) is 4.90 Å². The lowest BCUT2D eigenvalue weighted by Crippen LogP contribution is -2.59. The Hall–Kier alpha value is -10.5. The van der Waals surface area contributed by atoms with Crippen molar-refractivity contribution in [3.05, 3.63) is 235 Å². The average Bonchev–Trinajstić information content (AvgIpc) is 4.39. The molecule has 0 unspecified atom stereocenters. The minimum absolute atomic E-state index is 0.268. The largest absolute Gasteiger partial charge is 0.456 e. The van der Waals surface area contributed by atoms with Crippen molar-refractivity contribution >= 4 is 133 Å². The first-order chi connectivity index (χ1) is 37.6. The molecule has 0 aliphatic carbocycles. The summed E-state index contributed by atoms with van der Waals surface area (Å²) in [4.78, 5) is 6.86. The third-order valence-electron chi connectivity index (χ3n) is 16.3. The highest BCUT2D eigenvalue weighted by atomic mass is 16.3. The fourth-order valence-electron chi connectivity index (χ4n) is 13.2. The number of anilines is 3. The molecule has 8 heteroatoms. The monoisotopic (exact) mass is 965 g/mol. The van der Waals surface area contributed by atoms with Gasteiger partial charge in [-0.05, 0) is 111 Å². The van der Waals surface area contributed by atoms with Gasteiger partial charge in [0, 0.05) is 65.5 Å². The molecule has 11 aromatic carbocycles. The molecule has 0 atom stereocenters. The Morgan fingerprint density at radius 3 is 1.41 bits per heavy atom. The second-order valence-corrected chi connectivity index (χ2v) is 20.1. The summed E-state index contributed by atoms with van der Waals surface area (Å²) in [6.07, 6.45) is 0. The molecule has 76 heavy (non-hydrogen) atoms. The van der Waals surface area contributed by atoms with Gasteiger partial charge in [-0.15, -0.1) is 0 Å². The second-order valence-electron chi connectivity index (χ2n) is 20.1. The summed E-state index contributed by atoms with van der Waals surface area (Å²) in [7, 11) is 0. The number of rotatable bonds is 5. The summed E-state index contributed by atoms with van der Waals surface area (Å²) in [5.41, 5.74) is 19.3. The predicted octanol–water partition coefficient (Wildman–Crippen LogP) is 16.0. The molecule has 17 rings (SSSR count). The molecule has 0 radical (unpaired) electrons. The van der Waals surface area contributed by atoms with E-state index in [-0.39, 0.29) is 6.71 Å². The number of nitriles is 1. The molecule has 2 aliphatic heterocycles. The SMILES string of the molecule is [C-]#[N+]c1c(N(c2cccc(-c3ccc4oc5ccccc5c4c3)c2)c2cccc(-c3ccc4oc5ccccc5c4c3)c2)c(C#N)c2c3c1-n1c4ccccc4c4cccc(c41)B3c1cccc3c4ccccc4n-2c13. The van der Waals surface area contributed by atoms with E-state index >= 15 is 0 Å². The van der Waals surface area contributed by atoms with Crippen LogP contribution in [0.5, 0.6) is 0 Å². The molecule has 0 saturated carbocycles. The van der Waals surface area contributed by atoms with Crippen LogP contribution in [0.4, 0.5) is 22.7 Å². The van der Waals surface area contributed by atoms with Crippen molar-refractivity contribution < 1.29 is 8.83 Å². The number of benzene rings is 11. The third-order valence-corrected chi connectivity index (χ3v) is 16.3. The predicted molar refractivity (Wildman–Crippen MR) is 311 cm³/mol. The normalized spacial score (nSPS) is 12.4. The molecule has 4 aromatic heterocycles. The molecular formula is C68H36BN5O2. The van der Waals surface area contributed by atoms with E-state index in [0.29, 0.717) is 16.9 Å². The zero-order chi connectivity index (χ0) is 49.9. The molecule has 0 saturated heterocycles. The maximum absolute atomic E-state index is 12.3. The number of furan rings is 2. The molecule has 2 aliphatic rings. The lowest BCUT2D eigenvalue weighted by molar-refractivity contribution is 0.668. The van der Waals surface area contributed by atoms with Gasteiger partial charge in [0.1, 0.15) is 28.4 Å². The minimum atomic E-state index is -0.268. The molecule has 0 bridgehead atoms. The summed E-state index contributed by atoms with van der Waals surface area (Å²) < 4.78 is 17.3. The van der Waals surface area contributed by atoms with E-state index in [1.54, 1.807) is 0 Å². The van der Waals surface area contributed by atoms with Crippen LogP contribution in [0.1, 0.15) is 5.56 Å². The van der Waals surface area contributed by atoms with Crippen LogP contribution in [0, 0.1) is 17.9 Å². The maximum Gasteiger partial charge on any atom is 0.250 e. The number of fused-ring (bicyclic) bond motifs is 16. The van der Waals surface area contributed by atoms with Crippen LogP contribution >= 0.6 is 0 Å². The van der Waals surface area contributed by atoms with Gasteiger partial charge in [0.05, 0.1) is 40.2 Å². The summed E-state index contributed by atoms with van der Waals surface area (Å²) >= 11 is 0. The Morgan fingerprint density at radius 2 is 0.882 bits per heavy atom. The van der Waals surface area contributed by atoms with Crippen molar-refractivity contribution in [3.8, 4) is 39.7 Å².